The van der Waals surface area contributed by atoms with Crippen LogP contribution in [0, 0.1) is 0 Å². The Labute approximate surface area is 112 Å². The van der Waals surface area contributed by atoms with E-state index < -0.39 is 0 Å². The highest BCUT2D eigenvalue weighted by atomic mass is 35.5. The summed E-state index contributed by atoms with van der Waals surface area (Å²) < 4.78 is 9.79. The van der Waals surface area contributed by atoms with E-state index in [4.69, 9.17) is 21.1 Å². The van der Waals surface area contributed by atoms with Gasteiger partial charge in [0.1, 0.15) is 6.61 Å². The van der Waals surface area contributed by atoms with Crippen LogP contribution in [0.25, 0.3) is 0 Å². The molecule has 1 saturated heterocycles. The standard InChI is InChI=1S/C11H19ClN2O4/c1-17-8-2-10(15)13-4-6-14(7-5-13)11(16)18-9-3-12/h2-9H2,1H3. The molecule has 0 radical (unpaired) electrons. The number of ether oxygens (including phenoxy) is 2. The second kappa shape index (κ2) is 8.16. The lowest BCUT2D eigenvalue weighted by atomic mass is 10.3. The van der Waals surface area contributed by atoms with Crippen molar-refractivity contribution >= 4 is 23.6 Å². The molecule has 0 aromatic heterocycles. The zero-order valence-electron chi connectivity index (χ0n) is 10.6. The number of amides is 2. The second-order valence-corrected chi connectivity index (χ2v) is 4.29. The molecular formula is C11H19ClN2O4. The topological polar surface area (TPSA) is 59.1 Å². The first-order valence-electron chi connectivity index (χ1n) is 5.93. The molecule has 1 aliphatic rings. The van der Waals surface area contributed by atoms with Crippen molar-refractivity contribution in [1.82, 2.24) is 9.80 Å². The molecule has 0 unspecified atom stereocenters. The van der Waals surface area contributed by atoms with Crippen molar-refractivity contribution in [2.24, 2.45) is 0 Å². The SMILES string of the molecule is COCCC(=O)N1CCN(C(=O)OCCCl)CC1. The van der Waals surface area contributed by atoms with E-state index in [-0.39, 0.29) is 18.6 Å². The number of alkyl halides is 1. The van der Waals surface area contributed by atoms with Gasteiger partial charge in [-0.25, -0.2) is 4.79 Å². The number of hydrogen-bond donors (Lipinski definition) is 0. The summed E-state index contributed by atoms with van der Waals surface area (Å²) >= 11 is 5.44. The molecule has 1 aliphatic heterocycles. The summed E-state index contributed by atoms with van der Waals surface area (Å²) in [6.45, 7) is 2.72. The van der Waals surface area contributed by atoms with Crippen LogP contribution in [0.15, 0.2) is 0 Å². The van der Waals surface area contributed by atoms with Gasteiger partial charge in [-0.15, -0.1) is 11.6 Å². The van der Waals surface area contributed by atoms with E-state index in [1.807, 2.05) is 0 Å². The molecule has 0 aromatic rings. The van der Waals surface area contributed by atoms with Crippen LogP contribution in [0.3, 0.4) is 0 Å². The van der Waals surface area contributed by atoms with E-state index in [0.717, 1.165) is 0 Å². The van der Waals surface area contributed by atoms with Gasteiger partial charge in [-0.3, -0.25) is 4.79 Å². The Morgan fingerprint density at radius 3 is 2.28 bits per heavy atom. The lowest BCUT2D eigenvalue weighted by Crippen LogP contribution is -2.50. The molecule has 7 heteroatoms. The van der Waals surface area contributed by atoms with Crippen LogP contribution in [-0.2, 0) is 14.3 Å². The average molecular weight is 279 g/mol. The maximum Gasteiger partial charge on any atom is 0.409 e. The van der Waals surface area contributed by atoms with Crippen molar-refractivity contribution in [3.63, 3.8) is 0 Å². The van der Waals surface area contributed by atoms with Gasteiger partial charge in [-0.05, 0) is 0 Å². The minimum Gasteiger partial charge on any atom is -0.448 e. The number of carbonyl (C=O) groups is 2. The monoisotopic (exact) mass is 278 g/mol. The molecule has 0 spiro atoms. The second-order valence-electron chi connectivity index (χ2n) is 3.91. The molecule has 1 rings (SSSR count). The summed E-state index contributed by atoms with van der Waals surface area (Å²) in [4.78, 5) is 26.6. The first-order chi connectivity index (χ1) is 8.69. The predicted octanol–water partition coefficient (Wildman–Crippen LogP) is 0.542. The van der Waals surface area contributed by atoms with Gasteiger partial charge >= 0.3 is 6.09 Å². The van der Waals surface area contributed by atoms with E-state index in [1.54, 1.807) is 16.9 Å². The maximum absolute atomic E-state index is 11.7. The normalized spacial score (nSPS) is 15.7. The van der Waals surface area contributed by atoms with Gasteiger partial charge in [-0.1, -0.05) is 0 Å². The van der Waals surface area contributed by atoms with Crippen LogP contribution in [0.2, 0.25) is 0 Å². The number of hydrogen-bond acceptors (Lipinski definition) is 4. The number of halogens is 1. The van der Waals surface area contributed by atoms with Gasteiger partial charge in [-0.2, -0.15) is 0 Å². The smallest absolute Gasteiger partial charge is 0.409 e. The third kappa shape index (κ3) is 4.70. The Morgan fingerprint density at radius 2 is 1.72 bits per heavy atom. The minimum absolute atomic E-state index is 0.0608. The molecule has 0 saturated carbocycles. The molecule has 2 amide bonds. The summed E-state index contributed by atoms with van der Waals surface area (Å²) in [6.07, 6.45) is 0.0207. The maximum atomic E-state index is 11.7. The number of methoxy groups -OCH3 is 1. The van der Waals surface area contributed by atoms with Crippen LogP contribution in [0.4, 0.5) is 4.79 Å². The molecule has 104 valence electrons. The van der Waals surface area contributed by atoms with Crippen molar-refractivity contribution in [2.45, 2.75) is 6.42 Å². The molecule has 0 N–H and O–H groups in total. The molecule has 0 atom stereocenters. The highest BCUT2D eigenvalue weighted by molar-refractivity contribution is 6.18. The summed E-state index contributed by atoms with van der Waals surface area (Å²) in [5, 5.41) is 0. The minimum atomic E-state index is -0.361. The van der Waals surface area contributed by atoms with Gasteiger partial charge in [0.25, 0.3) is 0 Å². The number of rotatable bonds is 5. The molecule has 0 aliphatic carbocycles. The van der Waals surface area contributed by atoms with Gasteiger partial charge in [0.2, 0.25) is 5.91 Å². The van der Waals surface area contributed by atoms with E-state index in [2.05, 4.69) is 0 Å². The third-order valence-electron chi connectivity index (χ3n) is 2.71. The van der Waals surface area contributed by atoms with Crippen LogP contribution >= 0.6 is 11.6 Å². The fourth-order valence-corrected chi connectivity index (χ4v) is 1.78. The largest absolute Gasteiger partial charge is 0.448 e. The van der Waals surface area contributed by atoms with Gasteiger partial charge < -0.3 is 19.3 Å². The Hall–Kier alpha value is -1.01. The van der Waals surface area contributed by atoms with Crippen molar-refractivity contribution < 1.29 is 19.1 Å². The Balaban J connectivity index is 2.27. The zero-order valence-corrected chi connectivity index (χ0v) is 11.3. The highest BCUT2D eigenvalue weighted by Crippen LogP contribution is 2.05. The first-order valence-corrected chi connectivity index (χ1v) is 6.47. The lowest BCUT2D eigenvalue weighted by Gasteiger charge is -2.34. The van der Waals surface area contributed by atoms with Gasteiger partial charge in [0, 0.05) is 33.3 Å². The Morgan fingerprint density at radius 1 is 1.11 bits per heavy atom. The molecule has 6 nitrogen and oxygen atoms in total. The molecular weight excluding hydrogens is 260 g/mol. The fourth-order valence-electron chi connectivity index (χ4n) is 1.70. The van der Waals surface area contributed by atoms with E-state index in [0.29, 0.717) is 45.1 Å². The number of nitrogens with zero attached hydrogens (tertiary/aromatic N) is 2. The molecule has 0 bridgehead atoms. The quantitative estimate of drug-likeness (QED) is 0.689. The van der Waals surface area contributed by atoms with Crippen molar-refractivity contribution in [1.29, 1.82) is 0 Å². The van der Waals surface area contributed by atoms with E-state index in [9.17, 15) is 9.59 Å². The number of piperazine rings is 1. The molecule has 18 heavy (non-hydrogen) atoms. The Bertz CT molecular complexity index is 252. The van der Waals surface area contributed by atoms with E-state index >= 15 is 0 Å². The molecule has 0 aromatic carbocycles. The van der Waals surface area contributed by atoms with Crippen molar-refractivity contribution in [2.75, 3.05) is 52.4 Å². The highest BCUT2D eigenvalue weighted by Gasteiger charge is 2.24. The third-order valence-corrected chi connectivity index (χ3v) is 2.87. The van der Waals surface area contributed by atoms with Gasteiger partial charge in [0.05, 0.1) is 18.9 Å². The zero-order chi connectivity index (χ0) is 13.4. The first kappa shape index (κ1) is 15.0. The molecule has 1 fully saturated rings. The van der Waals surface area contributed by atoms with Crippen molar-refractivity contribution in [3.05, 3.63) is 0 Å². The Kier molecular flexibility index (Phi) is 6.82. The van der Waals surface area contributed by atoms with Crippen LogP contribution in [0.1, 0.15) is 6.42 Å². The fraction of sp³-hybridized carbons (Fsp3) is 0.818. The predicted molar refractivity (Wildman–Crippen MR) is 66.7 cm³/mol. The summed E-state index contributed by atoms with van der Waals surface area (Å²) in [6, 6.07) is 0. The van der Waals surface area contributed by atoms with Crippen LogP contribution < -0.4 is 0 Å². The van der Waals surface area contributed by atoms with E-state index in [1.165, 1.54) is 0 Å². The van der Waals surface area contributed by atoms with Crippen LogP contribution in [0.5, 0.6) is 0 Å². The number of carbonyl (C=O) groups excluding carboxylic acids is 2. The average Bonchev–Trinajstić information content (AvgIpc) is 2.42. The van der Waals surface area contributed by atoms with Crippen LogP contribution in [-0.4, -0.2) is 74.2 Å². The summed E-state index contributed by atoms with van der Waals surface area (Å²) in [5.41, 5.74) is 0. The van der Waals surface area contributed by atoms with Gasteiger partial charge in [0.15, 0.2) is 0 Å². The summed E-state index contributed by atoms with van der Waals surface area (Å²) in [5.74, 6) is 0.354. The summed E-state index contributed by atoms with van der Waals surface area (Å²) in [7, 11) is 1.57. The molecule has 1 heterocycles. The lowest BCUT2D eigenvalue weighted by molar-refractivity contribution is -0.133. The van der Waals surface area contributed by atoms with Crippen molar-refractivity contribution in [3.8, 4) is 0 Å².